The highest BCUT2D eigenvalue weighted by atomic mass is 79.9. The second-order valence-corrected chi connectivity index (χ2v) is 6.98. The minimum atomic E-state index is -3.76. The van der Waals surface area contributed by atoms with Crippen LogP contribution in [0.25, 0.3) is 0 Å². The minimum absolute atomic E-state index is 0.0244. The van der Waals surface area contributed by atoms with Crippen LogP contribution in [-0.2, 0) is 10.0 Å². The van der Waals surface area contributed by atoms with Crippen molar-refractivity contribution in [3.05, 3.63) is 28.5 Å². The van der Waals surface area contributed by atoms with Crippen molar-refractivity contribution < 1.29 is 17.9 Å². The van der Waals surface area contributed by atoms with Crippen molar-refractivity contribution in [1.29, 1.82) is 0 Å². The van der Waals surface area contributed by atoms with E-state index in [1.54, 1.807) is 0 Å². The van der Waals surface area contributed by atoms with Gasteiger partial charge in [0.2, 0.25) is 10.0 Å². The zero-order chi connectivity index (χ0) is 13.4. The van der Waals surface area contributed by atoms with Crippen LogP contribution >= 0.6 is 15.9 Å². The first-order valence-electron chi connectivity index (χ1n) is 5.48. The van der Waals surface area contributed by atoms with Gasteiger partial charge in [-0.05, 0) is 53.4 Å². The molecule has 0 atom stereocenters. The molecule has 2 rings (SSSR count). The van der Waals surface area contributed by atoms with Crippen molar-refractivity contribution in [3.8, 4) is 0 Å². The number of hydrogen-bond acceptors (Lipinski definition) is 3. The third-order valence-electron chi connectivity index (χ3n) is 3.15. The number of benzene rings is 1. The van der Waals surface area contributed by atoms with Crippen LogP contribution < -0.4 is 4.72 Å². The summed E-state index contributed by atoms with van der Waals surface area (Å²) in [7, 11) is -3.76. The molecule has 0 aromatic heterocycles. The van der Waals surface area contributed by atoms with Gasteiger partial charge in [0.1, 0.15) is 5.82 Å². The van der Waals surface area contributed by atoms with Gasteiger partial charge in [-0.2, -0.15) is 0 Å². The molecule has 1 fully saturated rings. The smallest absolute Gasteiger partial charge is 0.242 e. The molecule has 0 aliphatic heterocycles. The van der Waals surface area contributed by atoms with E-state index in [2.05, 4.69) is 20.7 Å². The molecule has 0 saturated heterocycles. The van der Waals surface area contributed by atoms with Gasteiger partial charge in [-0.15, -0.1) is 0 Å². The fourth-order valence-electron chi connectivity index (χ4n) is 1.93. The van der Waals surface area contributed by atoms with Crippen molar-refractivity contribution in [2.24, 2.45) is 0 Å². The molecule has 7 heteroatoms. The summed E-state index contributed by atoms with van der Waals surface area (Å²) in [5.41, 5.74) is -0.757. The lowest BCUT2D eigenvalue weighted by Gasteiger charge is -2.40. The van der Waals surface area contributed by atoms with E-state index >= 15 is 0 Å². The third kappa shape index (κ3) is 2.59. The van der Waals surface area contributed by atoms with Crippen LogP contribution in [0.1, 0.15) is 19.3 Å². The molecule has 1 aromatic carbocycles. The first-order chi connectivity index (χ1) is 8.38. The Balaban J connectivity index is 2.31. The molecule has 0 bridgehead atoms. The highest BCUT2D eigenvalue weighted by molar-refractivity contribution is 9.10. The van der Waals surface area contributed by atoms with Crippen molar-refractivity contribution in [2.75, 3.05) is 6.61 Å². The summed E-state index contributed by atoms with van der Waals surface area (Å²) in [5.74, 6) is -0.513. The van der Waals surface area contributed by atoms with Crippen molar-refractivity contribution >= 4 is 26.0 Å². The number of hydrogen-bond donors (Lipinski definition) is 2. The maximum Gasteiger partial charge on any atom is 0.242 e. The largest absolute Gasteiger partial charge is 0.394 e. The topological polar surface area (TPSA) is 66.4 Å². The monoisotopic (exact) mass is 337 g/mol. The predicted octanol–water partition coefficient (Wildman–Crippen LogP) is 1.78. The summed E-state index contributed by atoms with van der Waals surface area (Å²) in [4.78, 5) is -0.0244. The molecular weight excluding hydrogens is 325 g/mol. The molecule has 0 spiro atoms. The van der Waals surface area contributed by atoms with E-state index in [1.165, 1.54) is 6.07 Å². The van der Waals surface area contributed by atoms with Crippen LogP contribution in [0.4, 0.5) is 4.39 Å². The summed E-state index contributed by atoms with van der Waals surface area (Å²) in [6.07, 6.45) is 2.11. The lowest BCUT2D eigenvalue weighted by Crippen LogP contribution is -2.56. The van der Waals surface area contributed by atoms with E-state index in [0.717, 1.165) is 18.6 Å². The SMILES string of the molecule is O=S(=O)(NC1(CO)CCC1)c1ccc(F)cc1Br. The molecule has 0 heterocycles. The van der Waals surface area contributed by atoms with Gasteiger partial charge in [-0.1, -0.05) is 0 Å². The molecule has 4 nitrogen and oxygen atoms in total. The Hall–Kier alpha value is -0.500. The standard InChI is InChI=1S/C11H13BrFNO3S/c12-9-6-8(13)2-3-10(9)18(16,17)14-11(7-15)4-1-5-11/h2-3,6,14-15H,1,4-5,7H2. The Kier molecular flexibility index (Phi) is 3.77. The number of aliphatic hydroxyl groups excluding tert-OH is 1. The molecular formula is C11H13BrFNO3S. The van der Waals surface area contributed by atoms with Gasteiger partial charge in [0.15, 0.2) is 0 Å². The van der Waals surface area contributed by atoms with Gasteiger partial charge in [0.05, 0.1) is 17.0 Å². The Labute approximate surface area is 113 Å². The van der Waals surface area contributed by atoms with E-state index in [1.807, 2.05) is 0 Å². The maximum atomic E-state index is 12.9. The van der Waals surface area contributed by atoms with Gasteiger partial charge in [-0.25, -0.2) is 17.5 Å². The summed E-state index contributed by atoms with van der Waals surface area (Å²) in [6, 6.07) is 3.39. The second-order valence-electron chi connectivity index (χ2n) is 4.47. The van der Waals surface area contributed by atoms with Gasteiger partial charge in [-0.3, -0.25) is 0 Å². The quantitative estimate of drug-likeness (QED) is 0.880. The van der Waals surface area contributed by atoms with Crippen LogP contribution in [0.3, 0.4) is 0 Å². The Morgan fingerprint density at radius 3 is 2.56 bits per heavy atom. The minimum Gasteiger partial charge on any atom is -0.394 e. The van der Waals surface area contributed by atoms with Gasteiger partial charge >= 0.3 is 0 Å². The summed E-state index contributed by atoms with van der Waals surface area (Å²) in [6.45, 7) is -0.231. The first kappa shape index (κ1) is 13.9. The summed E-state index contributed by atoms with van der Waals surface area (Å²) >= 11 is 3.03. The zero-order valence-corrected chi connectivity index (χ0v) is 11.9. The molecule has 100 valence electrons. The van der Waals surface area contributed by atoms with Crippen LogP contribution in [0.5, 0.6) is 0 Å². The molecule has 0 unspecified atom stereocenters. The average Bonchev–Trinajstić information content (AvgIpc) is 2.23. The summed E-state index contributed by atoms with van der Waals surface area (Å²) < 4.78 is 39.9. The zero-order valence-electron chi connectivity index (χ0n) is 9.49. The average molecular weight is 338 g/mol. The first-order valence-corrected chi connectivity index (χ1v) is 7.76. The third-order valence-corrected chi connectivity index (χ3v) is 5.70. The molecule has 1 aliphatic rings. The number of sulfonamides is 1. The lowest BCUT2D eigenvalue weighted by molar-refractivity contribution is 0.110. The predicted molar refractivity (Wildman–Crippen MR) is 68.1 cm³/mol. The normalized spacial score (nSPS) is 18.4. The second kappa shape index (κ2) is 4.88. The highest BCUT2D eigenvalue weighted by Gasteiger charge is 2.40. The van der Waals surface area contributed by atoms with E-state index < -0.39 is 21.4 Å². The van der Waals surface area contributed by atoms with Crippen molar-refractivity contribution in [3.63, 3.8) is 0 Å². The van der Waals surface area contributed by atoms with E-state index in [0.29, 0.717) is 12.8 Å². The van der Waals surface area contributed by atoms with Gasteiger partial charge in [0, 0.05) is 4.47 Å². The van der Waals surface area contributed by atoms with Crippen LogP contribution in [0.2, 0.25) is 0 Å². The lowest BCUT2D eigenvalue weighted by atomic mass is 9.78. The molecule has 1 aromatic rings. The molecule has 18 heavy (non-hydrogen) atoms. The van der Waals surface area contributed by atoms with Crippen LogP contribution in [0, 0.1) is 5.82 Å². The Morgan fingerprint density at radius 1 is 1.44 bits per heavy atom. The number of halogens is 2. The van der Waals surface area contributed by atoms with E-state index in [4.69, 9.17) is 0 Å². The van der Waals surface area contributed by atoms with Crippen LogP contribution in [0.15, 0.2) is 27.6 Å². The Bertz CT molecular complexity index is 552. The van der Waals surface area contributed by atoms with Crippen LogP contribution in [-0.4, -0.2) is 25.7 Å². The maximum absolute atomic E-state index is 12.9. The van der Waals surface area contributed by atoms with E-state index in [-0.39, 0.29) is 16.0 Å². The Morgan fingerprint density at radius 2 is 2.11 bits per heavy atom. The van der Waals surface area contributed by atoms with Crippen molar-refractivity contribution in [1.82, 2.24) is 4.72 Å². The fourth-order valence-corrected chi connectivity index (χ4v) is 4.43. The number of nitrogens with one attached hydrogen (secondary N) is 1. The molecule has 0 amide bonds. The highest BCUT2D eigenvalue weighted by Crippen LogP contribution is 2.34. The van der Waals surface area contributed by atoms with Gasteiger partial charge in [0.25, 0.3) is 0 Å². The fraction of sp³-hybridized carbons (Fsp3) is 0.455. The molecule has 1 saturated carbocycles. The molecule has 1 aliphatic carbocycles. The molecule has 0 radical (unpaired) electrons. The number of aliphatic hydroxyl groups is 1. The number of rotatable bonds is 4. The van der Waals surface area contributed by atoms with Crippen molar-refractivity contribution in [2.45, 2.75) is 29.7 Å². The molecule has 2 N–H and O–H groups in total. The summed E-state index contributed by atoms with van der Waals surface area (Å²) in [5, 5.41) is 9.26. The van der Waals surface area contributed by atoms with Gasteiger partial charge < -0.3 is 5.11 Å². The van der Waals surface area contributed by atoms with E-state index in [9.17, 15) is 17.9 Å².